The maximum Gasteiger partial charge on any atom is 0.166 e. The lowest BCUT2D eigenvalue weighted by molar-refractivity contribution is -0.117. The molecule has 1 heterocycles. The van der Waals surface area contributed by atoms with Crippen molar-refractivity contribution in [2.75, 3.05) is 20.8 Å². The minimum absolute atomic E-state index is 0.121. The summed E-state index contributed by atoms with van der Waals surface area (Å²) >= 11 is 0. The summed E-state index contributed by atoms with van der Waals surface area (Å²) in [5.74, 6) is 3.50. The van der Waals surface area contributed by atoms with E-state index in [0.717, 1.165) is 59.4 Å². The average molecular weight is 432 g/mol. The molecule has 0 N–H and O–H groups in total. The smallest absolute Gasteiger partial charge is 0.166 e. The van der Waals surface area contributed by atoms with E-state index in [9.17, 15) is 9.59 Å². The molecule has 1 aromatic carbocycles. The van der Waals surface area contributed by atoms with Gasteiger partial charge in [-0.25, -0.2) is 0 Å². The molecular weight excluding hydrogens is 402 g/mol. The Balaban J connectivity index is 1.95. The van der Waals surface area contributed by atoms with Crippen LogP contribution in [0.5, 0.6) is 11.5 Å². The Hall–Kier alpha value is -3.26. The number of ketones is 2. The molecular formula is C27H29NO4. The molecule has 0 amide bonds. The Labute approximate surface area is 189 Å². The van der Waals surface area contributed by atoms with Crippen LogP contribution in [0.4, 0.5) is 0 Å². The van der Waals surface area contributed by atoms with Gasteiger partial charge in [-0.3, -0.25) is 9.59 Å². The molecule has 1 aromatic rings. The van der Waals surface area contributed by atoms with Crippen molar-refractivity contribution in [1.29, 1.82) is 0 Å². The van der Waals surface area contributed by atoms with Gasteiger partial charge in [0.1, 0.15) is 6.61 Å². The summed E-state index contributed by atoms with van der Waals surface area (Å²) in [5.41, 5.74) is 5.38. The maximum absolute atomic E-state index is 13.2. The van der Waals surface area contributed by atoms with Crippen molar-refractivity contribution in [1.82, 2.24) is 4.90 Å². The van der Waals surface area contributed by atoms with Crippen LogP contribution in [0, 0.1) is 12.3 Å². The maximum atomic E-state index is 13.2. The van der Waals surface area contributed by atoms with Gasteiger partial charge in [-0.15, -0.1) is 13.0 Å². The summed E-state index contributed by atoms with van der Waals surface area (Å²) in [5, 5.41) is 0. The zero-order valence-corrected chi connectivity index (χ0v) is 18.8. The van der Waals surface area contributed by atoms with Crippen LogP contribution in [-0.2, 0) is 16.0 Å². The van der Waals surface area contributed by atoms with Crippen LogP contribution in [0.1, 0.15) is 55.6 Å². The minimum Gasteiger partial charge on any atom is -0.493 e. The fourth-order valence-electron chi connectivity index (χ4n) is 5.27. The molecule has 0 radical (unpaired) electrons. The van der Waals surface area contributed by atoms with Crippen LogP contribution < -0.4 is 9.47 Å². The van der Waals surface area contributed by atoms with Crippen LogP contribution in [0.15, 0.2) is 47.3 Å². The van der Waals surface area contributed by atoms with E-state index in [0.29, 0.717) is 30.8 Å². The highest BCUT2D eigenvalue weighted by Gasteiger charge is 2.42. The molecule has 0 saturated heterocycles. The number of nitrogens with zero attached hydrogens (tertiary/aromatic N) is 1. The van der Waals surface area contributed by atoms with Crippen LogP contribution >= 0.6 is 0 Å². The number of carbonyl (C=O) groups is 2. The molecule has 2 aliphatic carbocycles. The van der Waals surface area contributed by atoms with E-state index in [1.54, 1.807) is 13.2 Å². The normalized spacial score (nSPS) is 18.8. The van der Waals surface area contributed by atoms with E-state index in [-0.39, 0.29) is 24.1 Å². The van der Waals surface area contributed by atoms with Crippen LogP contribution in [-0.4, -0.2) is 37.2 Å². The molecule has 0 spiro atoms. The predicted molar refractivity (Wildman–Crippen MR) is 123 cm³/mol. The van der Waals surface area contributed by atoms with E-state index in [2.05, 4.69) is 17.4 Å². The van der Waals surface area contributed by atoms with E-state index in [1.165, 1.54) is 0 Å². The zero-order chi connectivity index (χ0) is 22.8. The molecule has 0 bridgehead atoms. The second-order valence-corrected chi connectivity index (χ2v) is 8.46. The molecule has 0 atom stereocenters. The lowest BCUT2D eigenvalue weighted by atomic mass is 9.71. The topological polar surface area (TPSA) is 55.8 Å². The third-order valence-corrected chi connectivity index (χ3v) is 6.62. The summed E-state index contributed by atoms with van der Waals surface area (Å²) in [6.45, 7) is 3.99. The van der Waals surface area contributed by atoms with Crippen molar-refractivity contribution in [2.45, 2.75) is 50.9 Å². The molecule has 5 nitrogen and oxygen atoms in total. The van der Waals surface area contributed by atoms with Gasteiger partial charge in [0.2, 0.25) is 0 Å². The summed E-state index contributed by atoms with van der Waals surface area (Å²) < 4.78 is 11.5. The first-order valence-electron chi connectivity index (χ1n) is 11.2. The van der Waals surface area contributed by atoms with Crippen LogP contribution in [0.3, 0.4) is 0 Å². The quantitative estimate of drug-likeness (QED) is 0.491. The monoisotopic (exact) mass is 431 g/mol. The Morgan fingerprint density at radius 2 is 1.75 bits per heavy atom. The zero-order valence-electron chi connectivity index (χ0n) is 18.8. The highest BCUT2D eigenvalue weighted by Crippen LogP contribution is 2.50. The van der Waals surface area contributed by atoms with E-state index in [4.69, 9.17) is 15.9 Å². The number of methoxy groups -OCH3 is 1. The Kier molecular flexibility index (Phi) is 6.23. The highest BCUT2D eigenvalue weighted by atomic mass is 16.5. The first kappa shape index (κ1) is 22.0. The molecule has 3 aliphatic rings. The van der Waals surface area contributed by atoms with Crippen LogP contribution in [0.25, 0.3) is 0 Å². The van der Waals surface area contributed by atoms with Gasteiger partial charge in [0, 0.05) is 53.9 Å². The van der Waals surface area contributed by atoms with Gasteiger partial charge < -0.3 is 14.4 Å². The van der Waals surface area contributed by atoms with Crippen molar-refractivity contribution < 1.29 is 19.1 Å². The fraction of sp³-hybridized carbons (Fsp3) is 0.407. The second kappa shape index (κ2) is 9.08. The Morgan fingerprint density at radius 3 is 2.28 bits per heavy atom. The SMILES string of the molecule is C#CCOc1c(CC=C)cc(C2C3=C(CCCC3=O)N(C)C3=C2C(=O)CCC3)cc1OC. The molecule has 5 heteroatoms. The first-order valence-corrected chi connectivity index (χ1v) is 11.2. The number of carbonyl (C=O) groups excluding carboxylic acids is 2. The molecule has 0 fully saturated rings. The number of ether oxygens (including phenoxy) is 2. The third-order valence-electron chi connectivity index (χ3n) is 6.62. The van der Waals surface area contributed by atoms with Gasteiger partial charge in [0.25, 0.3) is 0 Å². The van der Waals surface area contributed by atoms with E-state index < -0.39 is 0 Å². The number of terminal acetylenes is 1. The summed E-state index contributed by atoms with van der Waals surface area (Å²) in [6, 6.07) is 3.92. The lowest BCUT2D eigenvalue weighted by Crippen LogP contribution is -2.37. The Bertz CT molecular complexity index is 1040. The summed E-state index contributed by atoms with van der Waals surface area (Å²) in [7, 11) is 3.58. The molecule has 0 aromatic heterocycles. The minimum atomic E-state index is -0.379. The van der Waals surface area contributed by atoms with Crippen molar-refractivity contribution >= 4 is 11.6 Å². The van der Waals surface area contributed by atoms with Crippen molar-refractivity contribution in [3.05, 3.63) is 58.5 Å². The first-order chi connectivity index (χ1) is 15.5. The van der Waals surface area contributed by atoms with Gasteiger partial charge >= 0.3 is 0 Å². The molecule has 4 rings (SSSR count). The van der Waals surface area contributed by atoms with Gasteiger partial charge in [-0.05, 0) is 43.7 Å². The number of allylic oxidation sites excluding steroid dienone is 5. The van der Waals surface area contributed by atoms with Gasteiger partial charge in [0.15, 0.2) is 23.1 Å². The number of hydrogen-bond donors (Lipinski definition) is 0. The highest BCUT2D eigenvalue weighted by molar-refractivity contribution is 6.06. The van der Waals surface area contributed by atoms with Crippen molar-refractivity contribution in [3.63, 3.8) is 0 Å². The fourth-order valence-corrected chi connectivity index (χ4v) is 5.27. The molecule has 0 unspecified atom stereocenters. The van der Waals surface area contributed by atoms with Crippen molar-refractivity contribution in [3.8, 4) is 23.8 Å². The van der Waals surface area contributed by atoms with Crippen molar-refractivity contribution in [2.24, 2.45) is 0 Å². The van der Waals surface area contributed by atoms with E-state index in [1.807, 2.05) is 19.2 Å². The average Bonchev–Trinajstić information content (AvgIpc) is 2.79. The number of benzene rings is 1. The van der Waals surface area contributed by atoms with E-state index >= 15 is 0 Å². The number of rotatable bonds is 6. The van der Waals surface area contributed by atoms with Gasteiger partial charge in [0.05, 0.1) is 7.11 Å². The summed E-state index contributed by atoms with van der Waals surface area (Å²) in [6.07, 6.45) is 12.2. The van der Waals surface area contributed by atoms with Crippen LogP contribution in [0.2, 0.25) is 0 Å². The number of hydrogen-bond acceptors (Lipinski definition) is 5. The second-order valence-electron chi connectivity index (χ2n) is 8.46. The third kappa shape index (κ3) is 3.64. The number of Topliss-reactive ketones (excluding diaryl/α,β-unsaturated/α-hetero) is 2. The Morgan fingerprint density at radius 1 is 1.12 bits per heavy atom. The van der Waals surface area contributed by atoms with Gasteiger partial charge in [-0.2, -0.15) is 0 Å². The standard InChI is InChI=1S/C27H29NO4/c1-5-9-17-15-18(16-23(31-4)27(17)32-14-6-2)24-25-19(10-7-12-21(25)29)28(3)20-11-8-13-22(30)26(20)24/h2,5,15-16,24H,1,7-14H2,3-4H3. The summed E-state index contributed by atoms with van der Waals surface area (Å²) in [4.78, 5) is 28.5. The molecule has 166 valence electrons. The molecule has 32 heavy (non-hydrogen) atoms. The predicted octanol–water partition coefficient (Wildman–Crippen LogP) is 4.48. The molecule has 0 saturated carbocycles. The largest absolute Gasteiger partial charge is 0.493 e. The van der Waals surface area contributed by atoms with Gasteiger partial charge in [-0.1, -0.05) is 18.1 Å². The lowest BCUT2D eigenvalue weighted by Gasteiger charge is -2.42. The molecule has 1 aliphatic heterocycles.